The zero-order chi connectivity index (χ0) is 22.6. The van der Waals surface area contributed by atoms with Crippen molar-refractivity contribution in [3.8, 4) is 11.5 Å². The molecule has 0 aliphatic carbocycles. The molecular formula is C24H31BrN2O3S. The van der Waals surface area contributed by atoms with Crippen molar-refractivity contribution >= 4 is 44.9 Å². The normalized spacial score (nSPS) is 11.5. The van der Waals surface area contributed by atoms with E-state index in [0.29, 0.717) is 12.2 Å². The number of amides is 1. The summed E-state index contributed by atoms with van der Waals surface area (Å²) in [5.74, 6) is 1.19. The number of anilines is 1. The number of ether oxygens (including phenoxy) is 2. The SMILES string of the molecule is CCCCCCOc1ccc(C(=O)NC(=S)Nc2cccc(OC(C)CC)c2)cc1Br. The van der Waals surface area contributed by atoms with Gasteiger partial charge in [-0.15, -0.1) is 0 Å². The van der Waals surface area contributed by atoms with Crippen molar-refractivity contribution in [2.24, 2.45) is 0 Å². The number of hydrogen-bond acceptors (Lipinski definition) is 4. The Balaban J connectivity index is 1.89. The number of unbranched alkanes of at least 4 members (excludes halogenated alkanes) is 3. The summed E-state index contributed by atoms with van der Waals surface area (Å²) in [7, 11) is 0. The van der Waals surface area contributed by atoms with Crippen LogP contribution in [0.4, 0.5) is 5.69 Å². The highest BCUT2D eigenvalue weighted by atomic mass is 79.9. The third-order valence-electron chi connectivity index (χ3n) is 4.68. The van der Waals surface area contributed by atoms with Crippen LogP contribution in [0.25, 0.3) is 0 Å². The molecule has 1 amide bonds. The summed E-state index contributed by atoms with van der Waals surface area (Å²) in [4.78, 5) is 12.6. The molecule has 0 aliphatic rings. The molecule has 0 bridgehead atoms. The minimum absolute atomic E-state index is 0.128. The molecular weight excluding hydrogens is 476 g/mol. The number of carbonyl (C=O) groups excluding carboxylic acids is 1. The van der Waals surface area contributed by atoms with Gasteiger partial charge in [0.1, 0.15) is 11.5 Å². The molecule has 0 spiro atoms. The summed E-state index contributed by atoms with van der Waals surface area (Å²) < 4.78 is 12.4. The van der Waals surface area contributed by atoms with E-state index in [2.05, 4.69) is 40.4 Å². The summed E-state index contributed by atoms with van der Waals surface area (Å²) in [5.41, 5.74) is 1.24. The van der Waals surface area contributed by atoms with Gasteiger partial charge in [0.05, 0.1) is 17.2 Å². The Morgan fingerprint density at radius 3 is 2.65 bits per heavy atom. The van der Waals surface area contributed by atoms with Gasteiger partial charge in [-0.1, -0.05) is 39.2 Å². The van der Waals surface area contributed by atoms with Crippen molar-refractivity contribution in [3.63, 3.8) is 0 Å². The van der Waals surface area contributed by atoms with Gasteiger partial charge in [-0.3, -0.25) is 10.1 Å². The molecule has 0 aromatic heterocycles. The zero-order valence-electron chi connectivity index (χ0n) is 18.4. The number of nitrogens with one attached hydrogen (secondary N) is 2. The van der Waals surface area contributed by atoms with E-state index in [1.165, 1.54) is 12.8 Å². The Labute approximate surface area is 199 Å². The van der Waals surface area contributed by atoms with Crippen molar-refractivity contribution in [2.45, 2.75) is 59.0 Å². The zero-order valence-corrected chi connectivity index (χ0v) is 20.8. The fourth-order valence-electron chi connectivity index (χ4n) is 2.77. The van der Waals surface area contributed by atoms with E-state index >= 15 is 0 Å². The van der Waals surface area contributed by atoms with E-state index < -0.39 is 0 Å². The lowest BCUT2D eigenvalue weighted by atomic mass is 10.2. The third kappa shape index (κ3) is 8.87. The van der Waals surface area contributed by atoms with Gasteiger partial charge < -0.3 is 14.8 Å². The molecule has 2 aromatic rings. The van der Waals surface area contributed by atoms with Crippen molar-refractivity contribution in [2.75, 3.05) is 11.9 Å². The molecule has 0 saturated heterocycles. The number of thiocarbonyl (C=S) groups is 1. The van der Waals surface area contributed by atoms with Crippen LogP contribution in [-0.4, -0.2) is 23.7 Å². The Morgan fingerprint density at radius 2 is 1.94 bits per heavy atom. The monoisotopic (exact) mass is 506 g/mol. The first-order valence-electron chi connectivity index (χ1n) is 10.7. The topological polar surface area (TPSA) is 59.6 Å². The van der Waals surface area contributed by atoms with Gasteiger partial charge in [-0.2, -0.15) is 0 Å². The number of hydrogen-bond donors (Lipinski definition) is 2. The molecule has 0 saturated carbocycles. The molecule has 0 radical (unpaired) electrons. The maximum Gasteiger partial charge on any atom is 0.257 e. The van der Waals surface area contributed by atoms with Crippen molar-refractivity contribution in [1.29, 1.82) is 0 Å². The van der Waals surface area contributed by atoms with Gasteiger partial charge in [0, 0.05) is 17.3 Å². The van der Waals surface area contributed by atoms with Gasteiger partial charge in [-0.05, 0) is 78.2 Å². The first-order valence-corrected chi connectivity index (χ1v) is 11.9. The Morgan fingerprint density at radius 1 is 1.13 bits per heavy atom. The molecule has 0 fully saturated rings. The molecule has 2 rings (SSSR count). The van der Waals surface area contributed by atoms with Crippen molar-refractivity contribution in [3.05, 3.63) is 52.5 Å². The minimum atomic E-state index is -0.292. The summed E-state index contributed by atoms with van der Waals surface area (Å²) in [5, 5.41) is 5.96. The van der Waals surface area contributed by atoms with E-state index in [1.807, 2.05) is 31.2 Å². The van der Waals surface area contributed by atoms with Crippen LogP contribution < -0.4 is 20.1 Å². The second-order valence-corrected chi connectivity index (χ2v) is 8.59. The van der Waals surface area contributed by atoms with E-state index in [0.717, 1.165) is 40.9 Å². The molecule has 2 N–H and O–H groups in total. The number of rotatable bonds is 11. The molecule has 1 unspecified atom stereocenters. The predicted molar refractivity (Wildman–Crippen MR) is 134 cm³/mol. The van der Waals surface area contributed by atoms with Gasteiger partial charge in [-0.25, -0.2) is 0 Å². The molecule has 1 atom stereocenters. The summed E-state index contributed by atoms with van der Waals surface area (Å²) >= 11 is 8.78. The van der Waals surface area contributed by atoms with Gasteiger partial charge >= 0.3 is 0 Å². The van der Waals surface area contributed by atoms with Crippen LogP contribution in [0.1, 0.15) is 63.2 Å². The lowest BCUT2D eigenvalue weighted by Gasteiger charge is -2.15. The molecule has 5 nitrogen and oxygen atoms in total. The summed E-state index contributed by atoms with van der Waals surface area (Å²) in [6, 6.07) is 12.8. The standard InChI is InChI=1S/C24H31BrN2O3S/c1-4-6-7-8-14-29-22-13-12-18(15-21(22)25)23(28)27-24(31)26-19-10-9-11-20(16-19)30-17(3)5-2/h9-13,15-17H,4-8,14H2,1-3H3,(H2,26,27,28,31). The maximum atomic E-state index is 12.6. The van der Waals surface area contributed by atoms with Crippen LogP contribution >= 0.6 is 28.1 Å². The van der Waals surface area contributed by atoms with Crippen LogP contribution in [0.5, 0.6) is 11.5 Å². The first kappa shape index (κ1) is 25.1. The van der Waals surface area contributed by atoms with Gasteiger partial charge in [0.15, 0.2) is 5.11 Å². The molecule has 168 valence electrons. The van der Waals surface area contributed by atoms with E-state index in [4.69, 9.17) is 21.7 Å². The van der Waals surface area contributed by atoms with E-state index in [9.17, 15) is 4.79 Å². The fraction of sp³-hybridized carbons (Fsp3) is 0.417. The van der Waals surface area contributed by atoms with Gasteiger partial charge in [0.2, 0.25) is 0 Å². The van der Waals surface area contributed by atoms with Crippen LogP contribution in [0.3, 0.4) is 0 Å². The molecule has 2 aromatic carbocycles. The van der Waals surface area contributed by atoms with Crippen molar-refractivity contribution < 1.29 is 14.3 Å². The number of benzene rings is 2. The largest absolute Gasteiger partial charge is 0.492 e. The van der Waals surface area contributed by atoms with E-state index in [-0.39, 0.29) is 17.1 Å². The minimum Gasteiger partial charge on any atom is -0.492 e. The molecule has 0 aliphatic heterocycles. The molecule has 7 heteroatoms. The maximum absolute atomic E-state index is 12.6. The highest BCUT2D eigenvalue weighted by Crippen LogP contribution is 2.26. The second kappa shape index (κ2) is 13.3. The van der Waals surface area contributed by atoms with E-state index in [1.54, 1.807) is 18.2 Å². The van der Waals surface area contributed by atoms with Crippen LogP contribution in [-0.2, 0) is 0 Å². The number of halogens is 1. The fourth-order valence-corrected chi connectivity index (χ4v) is 3.47. The van der Waals surface area contributed by atoms with Crippen LogP contribution in [0.15, 0.2) is 46.9 Å². The van der Waals surface area contributed by atoms with Crippen LogP contribution in [0, 0.1) is 0 Å². The lowest BCUT2D eigenvalue weighted by Crippen LogP contribution is -2.34. The predicted octanol–water partition coefficient (Wildman–Crippen LogP) is 6.71. The second-order valence-electron chi connectivity index (χ2n) is 7.33. The lowest BCUT2D eigenvalue weighted by molar-refractivity contribution is 0.0977. The summed E-state index contributed by atoms with van der Waals surface area (Å²) in [6.45, 7) is 6.94. The summed E-state index contributed by atoms with van der Waals surface area (Å²) in [6.07, 6.45) is 5.64. The Bertz CT molecular complexity index is 876. The van der Waals surface area contributed by atoms with Crippen LogP contribution in [0.2, 0.25) is 0 Å². The van der Waals surface area contributed by atoms with Gasteiger partial charge in [0.25, 0.3) is 5.91 Å². The highest BCUT2D eigenvalue weighted by Gasteiger charge is 2.11. The Hall–Kier alpha value is -2.12. The molecule has 31 heavy (non-hydrogen) atoms. The quantitative estimate of drug-likeness (QED) is 0.262. The number of carbonyl (C=O) groups is 1. The average Bonchev–Trinajstić information content (AvgIpc) is 2.74. The Kier molecular flexibility index (Phi) is 10.8. The molecule has 0 heterocycles. The third-order valence-corrected chi connectivity index (χ3v) is 5.50. The first-order chi connectivity index (χ1) is 14.9. The van der Waals surface area contributed by atoms with Crippen molar-refractivity contribution in [1.82, 2.24) is 5.32 Å². The smallest absolute Gasteiger partial charge is 0.257 e. The average molecular weight is 507 g/mol. The highest BCUT2D eigenvalue weighted by molar-refractivity contribution is 9.10.